The first-order valence-electron chi connectivity index (χ1n) is 8.39. The maximum Gasteiger partial charge on any atom is 0.172 e. The van der Waals surface area contributed by atoms with Crippen molar-refractivity contribution in [1.29, 1.82) is 0 Å². The van der Waals surface area contributed by atoms with Gasteiger partial charge in [-0.05, 0) is 46.6 Å². The van der Waals surface area contributed by atoms with E-state index in [0.29, 0.717) is 16.9 Å². The van der Waals surface area contributed by atoms with E-state index in [2.05, 4.69) is 48.3 Å². The molecule has 0 aliphatic heterocycles. The summed E-state index contributed by atoms with van der Waals surface area (Å²) in [6, 6.07) is 13.2. The number of aryl methyl sites for hydroxylation is 1. The zero-order valence-electron chi connectivity index (χ0n) is 14.0. The highest BCUT2D eigenvalue weighted by molar-refractivity contribution is 9.10. The second-order valence-corrected chi connectivity index (χ2v) is 6.83. The summed E-state index contributed by atoms with van der Waals surface area (Å²) in [7, 11) is 0. The number of nitrogens with zero attached hydrogens (tertiary/aromatic N) is 4. The summed E-state index contributed by atoms with van der Waals surface area (Å²) < 4.78 is 4.73. The number of benzene rings is 1. The molecule has 0 spiro atoms. The summed E-state index contributed by atoms with van der Waals surface area (Å²) in [5.41, 5.74) is 2.10. The smallest absolute Gasteiger partial charge is 0.172 e. The van der Waals surface area contributed by atoms with Gasteiger partial charge in [-0.3, -0.25) is 0 Å². The third-order valence-electron chi connectivity index (χ3n) is 4.17. The van der Waals surface area contributed by atoms with Crippen LogP contribution < -0.4 is 5.32 Å². The van der Waals surface area contributed by atoms with Crippen molar-refractivity contribution in [2.45, 2.75) is 13.0 Å². The molecule has 0 fully saturated rings. The van der Waals surface area contributed by atoms with Crippen LogP contribution in [0.2, 0.25) is 0 Å². The molecule has 7 heteroatoms. The second kappa shape index (κ2) is 7.21. The van der Waals surface area contributed by atoms with Crippen molar-refractivity contribution in [1.82, 2.24) is 19.2 Å². The van der Waals surface area contributed by atoms with Gasteiger partial charge in [0.15, 0.2) is 5.65 Å². The maximum atomic E-state index is 10.2. The molecule has 0 bridgehead atoms. The zero-order valence-corrected chi connectivity index (χ0v) is 15.6. The average Bonchev–Trinajstić information content (AvgIpc) is 3.29. The van der Waals surface area contributed by atoms with E-state index in [1.54, 1.807) is 22.8 Å². The minimum atomic E-state index is 0.207. The lowest BCUT2D eigenvalue weighted by atomic mass is 10.1. The molecule has 0 atom stereocenters. The molecule has 0 amide bonds. The Hall–Kier alpha value is -2.80. The van der Waals surface area contributed by atoms with Gasteiger partial charge in [-0.2, -0.15) is 9.61 Å². The van der Waals surface area contributed by atoms with Gasteiger partial charge in [0, 0.05) is 37.1 Å². The van der Waals surface area contributed by atoms with Crippen LogP contribution >= 0.6 is 15.9 Å². The highest BCUT2D eigenvalue weighted by atomic mass is 79.9. The Morgan fingerprint density at radius 2 is 1.92 bits per heavy atom. The van der Waals surface area contributed by atoms with Gasteiger partial charge in [0.1, 0.15) is 11.6 Å². The van der Waals surface area contributed by atoms with E-state index in [4.69, 9.17) is 0 Å². The zero-order chi connectivity index (χ0) is 17.9. The first kappa shape index (κ1) is 16.7. The van der Waals surface area contributed by atoms with E-state index in [1.165, 1.54) is 0 Å². The Bertz CT molecular complexity index is 1030. The summed E-state index contributed by atoms with van der Waals surface area (Å²) in [5.74, 6) is 1.05. The number of phenols is 1. The van der Waals surface area contributed by atoms with Crippen LogP contribution in [-0.2, 0) is 6.54 Å². The lowest BCUT2D eigenvalue weighted by Gasteiger charge is -2.12. The van der Waals surface area contributed by atoms with Gasteiger partial charge in [-0.25, -0.2) is 4.98 Å². The van der Waals surface area contributed by atoms with Crippen molar-refractivity contribution in [3.05, 3.63) is 65.5 Å². The monoisotopic (exact) mass is 411 g/mol. The van der Waals surface area contributed by atoms with E-state index < -0.39 is 0 Å². The molecule has 2 N–H and O–H groups in total. The van der Waals surface area contributed by atoms with Crippen LogP contribution in [0.25, 0.3) is 16.9 Å². The minimum Gasteiger partial charge on any atom is -0.507 e. The number of fused-ring (bicyclic) bond motifs is 1. The number of anilines is 1. The molecule has 26 heavy (non-hydrogen) atoms. The SMILES string of the molecule is Oc1ccccc1-c1cc(NCCCn2cccc2)n2ncc(Br)c2n1. The Kier molecular flexibility index (Phi) is 4.62. The number of aromatic nitrogens is 4. The Labute approximate surface area is 159 Å². The lowest BCUT2D eigenvalue weighted by Crippen LogP contribution is -2.10. The Morgan fingerprint density at radius 1 is 1.12 bits per heavy atom. The molecule has 3 aromatic heterocycles. The highest BCUT2D eigenvalue weighted by Crippen LogP contribution is 2.30. The van der Waals surface area contributed by atoms with Crippen LogP contribution in [0, 0.1) is 0 Å². The predicted molar refractivity (Wildman–Crippen MR) is 105 cm³/mol. The first-order chi connectivity index (χ1) is 12.7. The molecular weight excluding hydrogens is 394 g/mol. The molecule has 0 saturated heterocycles. The fraction of sp³-hybridized carbons (Fsp3) is 0.158. The number of hydrogen-bond donors (Lipinski definition) is 2. The van der Waals surface area contributed by atoms with Crippen LogP contribution in [0.15, 0.2) is 65.5 Å². The van der Waals surface area contributed by atoms with Crippen LogP contribution in [-0.4, -0.2) is 30.8 Å². The molecule has 0 unspecified atom stereocenters. The maximum absolute atomic E-state index is 10.2. The average molecular weight is 412 g/mol. The van der Waals surface area contributed by atoms with E-state index in [9.17, 15) is 5.11 Å². The van der Waals surface area contributed by atoms with Crippen molar-refractivity contribution >= 4 is 27.4 Å². The number of phenolic OH excluding ortho intramolecular Hbond substituents is 1. The number of nitrogens with one attached hydrogen (secondary N) is 1. The number of rotatable bonds is 6. The van der Waals surface area contributed by atoms with Gasteiger partial charge in [0.2, 0.25) is 0 Å². The van der Waals surface area contributed by atoms with Crippen LogP contribution in [0.4, 0.5) is 5.82 Å². The van der Waals surface area contributed by atoms with Gasteiger partial charge >= 0.3 is 0 Å². The second-order valence-electron chi connectivity index (χ2n) is 5.97. The van der Waals surface area contributed by atoms with E-state index in [1.807, 2.05) is 30.3 Å². The van der Waals surface area contributed by atoms with E-state index in [-0.39, 0.29) is 5.75 Å². The number of hydrogen-bond acceptors (Lipinski definition) is 4. The highest BCUT2D eigenvalue weighted by Gasteiger charge is 2.13. The largest absolute Gasteiger partial charge is 0.507 e. The quantitative estimate of drug-likeness (QED) is 0.467. The third kappa shape index (κ3) is 3.30. The van der Waals surface area contributed by atoms with E-state index >= 15 is 0 Å². The Balaban J connectivity index is 1.61. The fourth-order valence-corrected chi connectivity index (χ4v) is 3.24. The molecule has 132 valence electrons. The summed E-state index contributed by atoms with van der Waals surface area (Å²) in [6.07, 6.45) is 6.83. The molecule has 0 aliphatic rings. The van der Waals surface area contributed by atoms with Crippen molar-refractivity contribution in [3.63, 3.8) is 0 Å². The lowest BCUT2D eigenvalue weighted by molar-refractivity contribution is 0.477. The topological polar surface area (TPSA) is 67.4 Å². The van der Waals surface area contributed by atoms with Crippen LogP contribution in [0.3, 0.4) is 0 Å². The molecule has 4 rings (SSSR count). The molecular formula is C19H18BrN5O. The van der Waals surface area contributed by atoms with Gasteiger partial charge in [0.25, 0.3) is 0 Å². The minimum absolute atomic E-state index is 0.207. The molecule has 3 heterocycles. The van der Waals surface area contributed by atoms with Gasteiger partial charge in [-0.15, -0.1) is 0 Å². The summed E-state index contributed by atoms with van der Waals surface area (Å²) in [4.78, 5) is 4.64. The number of para-hydroxylation sites is 1. The fourth-order valence-electron chi connectivity index (χ4n) is 2.89. The molecule has 6 nitrogen and oxygen atoms in total. The third-order valence-corrected chi connectivity index (χ3v) is 4.73. The Morgan fingerprint density at radius 3 is 2.73 bits per heavy atom. The van der Waals surface area contributed by atoms with E-state index in [0.717, 1.165) is 29.8 Å². The van der Waals surface area contributed by atoms with Gasteiger partial charge in [-0.1, -0.05) is 12.1 Å². The van der Waals surface area contributed by atoms with Gasteiger partial charge in [0.05, 0.1) is 16.4 Å². The van der Waals surface area contributed by atoms with Crippen molar-refractivity contribution in [2.75, 3.05) is 11.9 Å². The molecule has 4 aromatic rings. The number of aromatic hydroxyl groups is 1. The normalized spacial score (nSPS) is 11.1. The molecule has 0 aliphatic carbocycles. The van der Waals surface area contributed by atoms with Crippen LogP contribution in [0.1, 0.15) is 6.42 Å². The molecule has 1 aromatic carbocycles. The van der Waals surface area contributed by atoms with Crippen molar-refractivity contribution < 1.29 is 5.11 Å². The summed E-state index contributed by atoms with van der Waals surface area (Å²) >= 11 is 3.49. The number of halogens is 1. The van der Waals surface area contributed by atoms with Crippen molar-refractivity contribution in [2.24, 2.45) is 0 Å². The molecule has 0 saturated carbocycles. The van der Waals surface area contributed by atoms with Crippen LogP contribution in [0.5, 0.6) is 5.75 Å². The molecule has 0 radical (unpaired) electrons. The van der Waals surface area contributed by atoms with Gasteiger partial charge < -0.3 is 15.0 Å². The summed E-state index contributed by atoms with van der Waals surface area (Å²) in [6.45, 7) is 1.75. The first-order valence-corrected chi connectivity index (χ1v) is 9.19. The standard InChI is InChI=1S/C19H18BrN5O/c20-15-13-22-25-18(21-8-5-11-24-9-3-4-10-24)12-16(23-19(15)25)14-6-1-2-7-17(14)26/h1-4,6-7,9-10,12-13,21,26H,5,8,11H2. The van der Waals surface area contributed by atoms with Crippen molar-refractivity contribution in [3.8, 4) is 17.0 Å². The predicted octanol–water partition coefficient (Wildman–Crippen LogP) is 4.17. The summed E-state index contributed by atoms with van der Waals surface area (Å²) in [5, 5.41) is 18.0.